The maximum atomic E-state index is 11.4. The van der Waals surface area contributed by atoms with Crippen molar-refractivity contribution in [1.29, 1.82) is 0 Å². The molecule has 4 fully saturated rings. The molecule has 0 aromatic heterocycles. The average molecular weight is 434 g/mol. The molecule has 31 heavy (non-hydrogen) atoms. The molecule has 0 saturated heterocycles. The Morgan fingerprint density at radius 3 is 2.42 bits per heavy atom. The molecule has 0 radical (unpaired) electrons. The first kappa shape index (κ1) is 24.0. The fourth-order valence-corrected chi connectivity index (χ4v) is 8.71. The molecular formula is C27H51N3O. The van der Waals surface area contributed by atoms with E-state index < -0.39 is 0 Å². The number of hydrogen-bond acceptors (Lipinski definition) is 4. The number of unbranched alkanes of at least 4 members (excludes halogenated alkanes) is 1. The molecule has 0 aromatic rings. The third kappa shape index (κ3) is 4.61. The number of fused-ring (bicyclic) bond motifs is 5. The van der Waals surface area contributed by atoms with Crippen LogP contribution in [0.4, 0.5) is 0 Å². The molecule has 5 N–H and O–H groups in total. The monoisotopic (exact) mass is 433 g/mol. The predicted octanol–water partition coefficient (Wildman–Crippen LogP) is 4.31. The minimum absolute atomic E-state index is 0.0607. The van der Waals surface area contributed by atoms with E-state index in [9.17, 15) is 5.11 Å². The summed E-state index contributed by atoms with van der Waals surface area (Å²) in [5.74, 6) is 3.63. The fraction of sp³-hybridized carbons (Fsp3) is 1.00. The molecule has 4 rings (SSSR count). The topological polar surface area (TPSA) is 70.3 Å². The summed E-state index contributed by atoms with van der Waals surface area (Å²) in [7, 11) is 0. The second kappa shape index (κ2) is 9.99. The number of aliphatic hydroxyl groups excluding tert-OH is 1. The van der Waals surface area contributed by atoms with Crippen molar-refractivity contribution >= 4 is 0 Å². The van der Waals surface area contributed by atoms with Gasteiger partial charge in [-0.3, -0.25) is 0 Å². The van der Waals surface area contributed by atoms with Crippen LogP contribution in [0.25, 0.3) is 0 Å². The van der Waals surface area contributed by atoms with E-state index in [1.54, 1.807) is 0 Å². The maximum Gasteiger partial charge on any atom is 0.0577 e. The standard InChI is InChI=1S/C27H51N3O/c1-19-7-8-22-25-23(10-12-26(19,22)2)27(3)11-9-21(17-20(27)18-24(25)31)30-16-6-15-29-14-5-4-13-28/h19-25,29-31H,4-18,28H2,1-3H3/t19-,20+,21-,22?,23?,24?,25?,26+,27-/m0/s1. The molecule has 4 aliphatic rings. The van der Waals surface area contributed by atoms with E-state index in [0.29, 0.717) is 28.7 Å². The highest BCUT2D eigenvalue weighted by atomic mass is 16.3. The molecular weight excluding hydrogens is 382 g/mol. The maximum absolute atomic E-state index is 11.4. The van der Waals surface area contributed by atoms with Crippen LogP contribution in [0.5, 0.6) is 0 Å². The molecule has 4 heteroatoms. The number of nitrogens with one attached hydrogen (secondary N) is 2. The minimum atomic E-state index is -0.0607. The molecule has 180 valence electrons. The summed E-state index contributed by atoms with van der Waals surface area (Å²) in [6.07, 6.45) is 14.0. The Morgan fingerprint density at radius 1 is 0.871 bits per heavy atom. The molecule has 0 amide bonds. The lowest BCUT2D eigenvalue weighted by atomic mass is 9.44. The van der Waals surface area contributed by atoms with Gasteiger partial charge >= 0.3 is 0 Å². The Balaban J connectivity index is 1.28. The molecule has 0 aliphatic heterocycles. The lowest BCUT2D eigenvalue weighted by Gasteiger charge is -2.62. The van der Waals surface area contributed by atoms with E-state index in [0.717, 1.165) is 56.8 Å². The summed E-state index contributed by atoms with van der Waals surface area (Å²) in [5, 5.41) is 18.8. The second-order valence-corrected chi connectivity index (χ2v) is 12.3. The first-order valence-corrected chi connectivity index (χ1v) is 13.7. The van der Waals surface area contributed by atoms with Crippen molar-refractivity contribution in [3.63, 3.8) is 0 Å². The van der Waals surface area contributed by atoms with Crippen LogP contribution in [-0.2, 0) is 0 Å². The van der Waals surface area contributed by atoms with Gasteiger partial charge in [0, 0.05) is 6.04 Å². The molecule has 0 bridgehead atoms. The van der Waals surface area contributed by atoms with Gasteiger partial charge in [-0.05, 0) is 137 Å². The van der Waals surface area contributed by atoms with Gasteiger partial charge in [0.15, 0.2) is 0 Å². The largest absolute Gasteiger partial charge is 0.393 e. The summed E-state index contributed by atoms with van der Waals surface area (Å²) in [6, 6.07) is 0.652. The van der Waals surface area contributed by atoms with Gasteiger partial charge in [-0.15, -0.1) is 0 Å². The van der Waals surface area contributed by atoms with Crippen molar-refractivity contribution in [2.24, 2.45) is 46.2 Å². The Morgan fingerprint density at radius 2 is 1.61 bits per heavy atom. The van der Waals surface area contributed by atoms with Gasteiger partial charge in [0.2, 0.25) is 0 Å². The van der Waals surface area contributed by atoms with Gasteiger partial charge in [0.05, 0.1) is 6.10 Å². The molecule has 4 nitrogen and oxygen atoms in total. The molecule has 9 atom stereocenters. The quantitative estimate of drug-likeness (QED) is 0.409. The van der Waals surface area contributed by atoms with Crippen molar-refractivity contribution in [2.75, 3.05) is 26.2 Å². The van der Waals surface area contributed by atoms with Crippen LogP contribution in [0.2, 0.25) is 0 Å². The van der Waals surface area contributed by atoms with Crippen LogP contribution in [0, 0.1) is 40.4 Å². The number of nitrogens with two attached hydrogens (primary N) is 1. The Hall–Kier alpha value is -0.160. The normalized spacial score (nSPS) is 46.9. The van der Waals surface area contributed by atoms with Crippen molar-refractivity contribution < 1.29 is 5.11 Å². The third-order valence-corrected chi connectivity index (χ3v) is 10.9. The van der Waals surface area contributed by atoms with Gasteiger partial charge in [0.1, 0.15) is 0 Å². The van der Waals surface area contributed by atoms with Gasteiger partial charge in [-0.1, -0.05) is 20.8 Å². The second-order valence-electron chi connectivity index (χ2n) is 12.3. The summed E-state index contributed by atoms with van der Waals surface area (Å²) in [6.45, 7) is 11.8. The van der Waals surface area contributed by atoms with Gasteiger partial charge in [0.25, 0.3) is 0 Å². The van der Waals surface area contributed by atoms with Crippen LogP contribution >= 0.6 is 0 Å². The van der Waals surface area contributed by atoms with Crippen LogP contribution < -0.4 is 16.4 Å². The molecule has 0 spiro atoms. The Labute approximate surface area is 191 Å². The van der Waals surface area contributed by atoms with E-state index in [1.165, 1.54) is 57.8 Å². The number of rotatable bonds is 9. The van der Waals surface area contributed by atoms with Gasteiger partial charge in [-0.2, -0.15) is 0 Å². The van der Waals surface area contributed by atoms with Crippen LogP contribution in [-0.4, -0.2) is 43.4 Å². The van der Waals surface area contributed by atoms with Crippen molar-refractivity contribution in [3.8, 4) is 0 Å². The zero-order chi connectivity index (χ0) is 22.1. The lowest BCUT2D eigenvalue weighted by Crippen LogP contribution is -2.59. The SMILES string of the molecule is C[C@H]1CCC2C3C(O)C[C@H]4C[C@@H](NCCCNCCCCN)CC[C@]4(C)C3CC[C@@]21C. The zero-order valence-corrected chi connectivity index (χ0v) is 20.7. The average Bonchev–Trinajstić information content (AvgIpc) is 3.05. The lowest BCUT2D eigenvalue weighted by molar-refractivity contribution is -0.164. The van der Waals surface area contributed by atoms with E-state index in [2.05, 4.69) is 31.4 Å². The van der Waals surface area contributed by atoms with Crippen molar-refractivity contribution in [1.82, 2.24) is 10.6 Å². The molecule has 0 aromatic carbocycles. The Kier molecular flexibility index (Phi) is 7.73. The number of hydrogen-bond donors (Lipinski definition) is 4. The smallest absolute Gasteiger partial charge is 0.0577 e. The molecule has 4 unspecified atom stereocenters. The summed E-state index contributed by atoms with van der Waals surface area (Å²) in [4.78, 5) is 0. The molecule has 4 aliphatic carbocycles. The summed E-state index contributed by atoms with van der Waals surface area (Å²) >= 11 is 0. The minimum Gasteiger partial charge on any atom is -0.393 e. The zero-order valence-electron chi connectivity index (χ0n) is 20.7. The fourth-order valence-electron chi connectivity index (χ4n) is 8.71. The summed E-state index contributed by atoms with van der Waals surface area (Å²) < 4.78 is 0. The molecule has 0 heterocycles. The van der Waals surface area contributed by atoms with Crippen LogP contribution in [0.1, 0.15) is 91.4 Å². The van der Waals surface area contributed by atoms with Crippen molar-refractivity contribution in [3.05, 3.63) is 0 Å². The molecule has 4 saturated carbocycles. The third-order valence-electron chi connectivity index (χ3n) is 10.9. The highest BCUT2D eigenvalue weighted by Gasteiger charge is 2.61. The summed E-state index contributed by atoms with van der Waals surface area (Å²) in [5.41, 5.74) is 6.50. The highest BCUT2D eigenvalue weighted by molar-refractivity contribution is 5.11. The predicted molar refractivity (Wildman–Crippen MR) is 130 cm³/mol. The van der Waals surface area contributed by atoms with E-state index >= 15 is 0 Å². The van der Waals surface area contributed by atoms with Crippen LogP contribution in [0.15, 0.2) is 0 Å². The number of aliphatic hydroxyl groups is 1. The Bertz CT molecular complexity index is 585. The van der Waals surface area contributed by atoms with Crippen molar-refractivity contribution in [2.45, 2.75) is 104 Å². The van der Waals surface area contributed by atoms with Crippen LogP contribution in [0.3, 0.4) is 0 Å². The highest BCUT2D eigenvalue weighted by Crippen LogP contribution is 2.67. The van der Waals surface area contributed by atoms with E-state index in [1.807, 2.05) is 0 Å². The van der Waals surface area contributed by atoms with Gasteiger partial charge < -0.3 is 21.5 Å². The first-order valence-electron chi connectivity index (χ1n) is 13.7. The first-order chi connectivity index (χ1) is 14.9. The van der Waals surface area contributed by atoms with Gasteiger partial charge in [-0.25, -0.2) is 0 Å². The van der Waals surface area contributed by atoms with E-state index in [-0.39, 0.29) is 6.10 Å². The van der Waals surface area contributed by atoms with E-state index in [4.69, 9.17) is 5.73 Å².